The molecule has 0 atom stereocenters. The van der Waals surface area contributed by atoms with Gasteiger partial charge in [-0.1, -0.05) is 41.9 Å². The van der Waals surface area contributed by atoms with Crippen LogP contribution in [0.5, 0.6) is 0 Å². The number of rotatable bonds is 7. The normalized spacial score (nSPS) is 11.2. The zero-order valence-electron chi connectivity index (χ0n) is 15.0. The largest absolute Gasteiger partial charge is 0.465 e. The molecule has 0 aromatic heterocycles. The fourth-order valence-electron chi connectivity index (χ4n) is 2.18. The second kappa shape index (κ2) is 9.91. The van der Waals surface area contributed by atoms with Crippen LogP contribution < -0.4 is 9.62 Å². The van der Waals surface area contributed by atoms with Gasteiger partial charge in [0.05, 0.1) is 12.0 Å². The average Bonchev–Trinajstić information content (AvgIpc) is 2.66. The molecule has 2 rings (SSSR count). The molecule has 0 saturated carbocycles. The topological polar surface area (TPSA) is 92.8 Å². The first-order valence-electron chi connectivity index (χ1n) is 8.29. The first-order valence-corrected chi connectivity index (χ1v) is 10.2. The number of benzene rings is 2. The summed E-state index contributed by atoms with van der Waals surface area (Å²) >= 11 is 5.84. The van der Waals surface area contributed by atoms with Crippen LogP contribution in [0.15, 0.2) is 60.0 Å². The van der Waals surface area contributed by atoms with E-state index in [9.17, 15) is 18.0 Å². The van der Waals surface area contributed by atoms with E-state index < -0.39 is 28.6 Å². The number of carbonyl (C=O) groups excluding carboxylic acids is 2. The first kappa shape index (κ1) is 21.5. The molecule has 28 heavy (non-hydrogen) atoms. The third-order valence-electron chi connectivity index (χ3n) is 3.44. The Bertz CT molecular complexity index is 944. The van der Waals surface area contributed by atoms with Crippen LogP contribution in [0.4, 0.5) is 10.5 Å². The van der Waals surface area contributed by atoms with Gasteiger partial charge in [0.2, 0.25) is 0 Å². The molecule has 0 unspecified atom stereocenters. The standard InChI is InChI=1S/C19H19ClN2O5S/c1-2-27-18(23)14-22(17-10-8-16(20)9-11-17)19(24)21-28(25,26)13-12-15-6-4-3-5-7-15/h3-13H,2,14H2,1H3,(H,21,24). The molecule has 7 nitrogen and oxygen atoms in total. The van der Waals surface area contributed by atoms with Crippen LogP contribution >= 0.6 is 11.6 Å². The first-order chi connectivity index (χ1) is 13.3. The molecule has 2 amide bonds. The lowest BCUT2D eigenvalue weighted by Crippen LogP contribution is -2.45. The Morgan fingerprint density at radius 3 is 2.36 bits per heavy atom. The summed E-state index contributed by atoms with van der Waals surface area (Å²) in [6.45, 7) is 1.30. The molecule has 1 N–H and O–H groups in total. The Hall–Kier alpha value is -2.84. The van der Waals surface area contributed by atoms with E-state index in [1.54, 1.807) is 37.3 Å². The minimum atomic E-state index is -4.09. The summed E-state index contributed by atoms with van der Waals surface area (Å²) in [6.07, 6.45) is 1.35. The number of nitrogens with zero attached hydrogens (tertiary/aromatic N) is 1. The molecule has 0 heterocycles. The van der Waals surface area contributed by atoms with Gasteiger partial charge in [0, 0.05) is 10.7 Å². The summed E-state index contributed by atoms with van der Waals surface area (Å²) in [5, 5.41) is 1.31. The zero-order chi connectivity index (χ0) is 20.6. The summed E-state index contributed by atoms with van der Waals surface area (Å²) in [5.74, 6) is -0.676. The molecule has 0 saturated heterocycles. The summed E-state index contributed by atoms with van der Waals surface area (Å²) in [6, 6.07) is 13.8. The van der Waals surface area contributed by atoms with Gasteiger partial charge in [-0.05, 0) is 42.8 Å². The zero-order valence-corrected chi connectivity index (χ0v) is 16.6. The molecule has 9 heteroatoms. The number of nitrogens with one attached hydrogen (secondary N) is 1. The van der Waals surface area contributed by atoms with Gasteiger partial charge in [-0.2, -0.15) is 0 Å². The van der Waals surface area contributed by atoms with Gasteiger partial charge in [-0.15, -0.1) is 0 Å². The van der Waals surface area contributed by atoms with Gasteiger partial charge in [-0.25, -0.2) is 17.9 Å². The molecule has 0 aliphatic rings. The maximum Gasteiger partial charge on any atom is 0.336 e. The average molecular weight is 423 g/mol. The van der Waals surface area contributed by atoms with Crippen molar-refractivity contribution in [2.75, 3.05) is 18.1 Å². The van der Waals surface area contributed by atoms with Crippen molar-refractivity contribution in [3.63, 3.8) is 0 Å². The van der Waals surface area contributed by atoms with Crippen molar-refractivity contribution in [2.24, 2.45) is 0 Å². The number of hydrogen-bond acceptors (Lipinski definition) is 5. The molecule has 0 bridgehead atoms. The SMILES string of the molecule is CCOC(=O)CN(C(=O)NS(=O)(=O)C=Cc1ccccc1)c1ccc(Cl)cc1. The smallest absolute Gasteiger partial charge is 0.336 e. The molecular formula is C19H19ClN2O5S. The quantitative estimate of drug-likeness (QED) is 0.690. The number of hydrogen-bond donors (Lipinski definition) is 1. The lowest BCUT2D eigenvalue weighted by molar-refractivity contribution is -0.141. The van der Waals surface area contributed by atoms with Crippen molar-refractivity contribution in [1.29, 1.82) is 0 Å². The van der Waals surface area contributed by atoms with Crippen molar-refractivity contribution in [3.05, 3.63) is 70.6 Å². The second-order valence-electron chi connectivity index (χ2n) is 5.53. The number of anilines is 1. The number of halogens is 1. The van der Waals surface area contributed by atoms with E-state index in [0.717, 1.165) is 10.3 Å². The third kappa shape index (κ3) is 6.71. The fraction of sp³-hybridized carbons (Fsp3) is 0.158. The Morgan fingerprint density at radius 1 is 1.11 bits per heavy atom. The molecule has 2 aromatic rings. The minimum Gasteiger partial charge on any atom is -0.465 e. The molecule has 148 valence electrons. The van der Waals surface area contributed by atoms with Crippen LogP contribution in [0, 0.1) is 0 Å². The van der Waals surface area contributed by atoms with Crippen LogP contribution in [0.1, 0.15) is 12.5 Å². The number of sulfonamides is 1. The summed E-state index contributed by atoms with van der Waals surface area (Å²) in [5.41, 5.74) is 0.943. The number of urea groups is 1. The van der Waals surface area contributed by atoms with Crippen LogP contribution in [0.2, 0.25) is 5.02 Å². The Kier molecular flexibility index (Phi) is 7.60. The van der Waals surface area contributed by atoms with E-state index in [1.807, 2.05) is 4.72 Å². The fourth-order valence-corrected chi connectivity index (χ4v) is 3.06. The Balaban J connectivity index is 2.19. The van der Waals surface area contributed by atoms with Gasteiger partial charge in [0.1, 0.15) is 6.54 Å². The summed E-state index contributed by atoms with van der Waals surface area (Å²) in [7, 11) is -4.09. The van der Waals surface area contributed by atoms with Crippen LogP contribution in [0.3, 0.4) is 0 Å². The highest BCUT2D eigenvalue weighted by Gasteiger charge is 2.23. The molecule has 0 aliphatic heterocycles. The van der Waals surface area contributed by atoms with E-state index in [2.05, 4.69) is 0 Å². The summed E-state index contributed by atoms with van der Waals surface area (Å²) in [4.78, 5) is 25.4. The van der Waals surface area contributed by atoms with Crippen LogP contribution in [0.25, 0.3) is 6.08 Å². The maximum atomic E-state index is 12.6. The van der Waals surface area contributed by atoms with Gasteiger partial charge < -0.3 is 4.74 Å². The molecule has 0 fully saturated rings. The van der Waals surface area contributed by atoms with Crippen molar-refractivity contribution in [1.82, 2.24) is 4.72 Å². The highest BCUT2D eigenvalue weighted by molar-refractivity contribution is 7.93. The molecule has 0 aliphatic carbocycles. The Morgan fingerprint density at radius 2 is 1.75 bits per heavy atom. The Labute approximate surface area is 168 Å². The van der Waals surface area contributed by atoms with Gasteiger partial charge in [-0.3, -0.25) is 9.69 Å². The minimum absolute atomic E-state index is 0.132. The van der Waals surface area contributed by atoms with Crippen molar-refractivity contribution in [3.8, 4) is 0 Å². The van der Waals surface area contributed by atoms with Gasteiger partial charge >= 0.3 is 12.0 Å². The number of ether oxygens (including phenoxy) is 1. The number of esters is 1. The van der Waals surface area contributed by atoms with Crippen molar-refractivity contribution in [2.45, 2.75) is 6.92 Å². The molecule has 0 spiro atoms. The second-order valence-corrected chi connectivity index (χ2v) is 7.54. The molecule has 0 radical (unpaired) electrons. The highest BCUT2D eigenvalue weighted by atomic mass is 35.5. The maximum absolute atomic E-state index is 12.6. The van der Waals surface area contributed by atoms with E-state index in [-0.39, 0.29) is 12.3 Å². The highest BCUT2D eigenvalue weighted by Crippen LogP contribution is 2.18. The molecule has 2 aromatic carbocycles. The van der Waals surface area contributed by atoms with E-state index in [0.29, 0.717) is 10.6 Å². The predicted molar refractivity (Wildman–Crippen MR) is 108 cm³/mol. The monoisotopic (exact) mass is 422 g/mol. The van der Waals surface area contributed by atoms with Gasteiger partial charge in [0.25, 0.3) is 10.0 Å². The lowest BCUT2D eigenvalue weighted by atomic mass is 10.2. The van der Waals surface area contributed by atoms with Gasteiger partial charge in [0.15, 0.2) is 0 Å². The van der Waals surface area contributed by atoms with Crippen LogP contribution in [-0.2, 0) is 19.6 Å². The summed E-state index contributed by atoms with van der Waals surface area (Å²) < 4.78 is 31.2. The molecular weight excluding hydrogens is 404 g/mol. The lowest BCUT2D eigenvalue weighted by Gasteiger charge is -2.21. The van der Waals surface area contributed by atoms with E-state index in [1.165, 1.54) is 30.3 Å². The van der Waals surface area contributed by atoms with Crippen LogP contribution in [-0.4, -0.2) is 33.6 Å². The van der Waals surface area contributed by atoms with Crippen molar-refractivity contribution >= 4 is 45.4 Å². The number of carbonyl (C=O) groups is 2. The number of amides is 2. The van der Waals surface area contributed by atoms with E-state index in [4.69, 9.17) is 16.3 Å². The van der Waals surface area contributed by atoms with E-state index >= 15 is 0 Å². The predicted octanol–water partition coefficient (Wildman–Crippen LogP) is 3.42. The van der Waals surface area contributed by atoms with Crippen molar-refractivity contribution < 1.29 is 22.7 Å². The third-order valence-corrected chi connectivity index (χ3v) is 4.65.